The van der Waals surface area contributed by atoms with Gasteiger partial charge in [-0.1, -0.05) is 90.1 Å². The minimum Gasteiger partial charge on any atom is -0.309 e. The van der Waals surface area contributed by atoms with E-state index in [4.69, 9.17) is 15.0 Å². The molecule has 0 atom stereocenters. The molecule has 0 aliphatic rings. The van der Waals surface area contributed by atoms with Gasteiger partial charge in [0.1, 0.15) is 11.6 Å². The number of aromatic nitrogens is 4. The van der Waals surface area contributed by atoms with Crippen LogP contribution in [0.2, 0.25) is 0 Å². The quantitative estimate of drug-likeness (QED) is 0.294. The van der Waals surface area contributed by atoms with Crippen LogP contribution in [-0.4, -0.2) is 19.5 Å². The molecule has 0 N–H and O–H groups in total. The molecule has 0 saturated heterocycles. The van der Waals surface area contributed by atoms with E-state index in [2.05, 4.69) is 119 Å². The maximum absolute atomic E-state index is 4.98. The van der Waals surface area contributed by atoms with E-state index in [9.17, 15) is 0 Å². The number of fused-ring (bicyclic) bond motifs is 3. The fraction of sp³-hybridized carbons (Fsp3) is 0.276. The van der Waals surface area contributed by atoms with Crippen LogP contribution in [-0.2, 0) is 10.8 Å². The molecule has 0 aliphatic heterocycles. The molecule has 5 rings (SSSR count). The molecular formula is C29H30N4. The topological polar surface area (TPSA) is 43.6 Å². The van der Waals surface area contributed by atoms with Crippen molar-refractivity contribution < 1.29 is 0 Å². The lowest BCUT2D eigenvalue weighted by molar-refractivity contribution is 0.497. The summed E-state index contributed by atoms with van der Waals surface area (Å²) in [6, 6.07) is 25.6. The van der Waals surface area contributed by atoms with Gasteiger partial charge in [-0.05, 0) is 24.3 Å². The van der Waals surface area contributed by atoms with Crippen molar-refractivity contribution in [2.24, 2.45) is 0 Å². The third kappa shape index (κ3) is 3.70. The number of hydrogen-bond donors (Lipinski definition) is 0. The maximum atomic E-state index is 4.98. The molecule has 0 radical (unpaired) electrons. The number of hydrogen-bond acceptors (Lipinski definition) is 3. The minimum atomic E-state index is -0.181. The highest BCUT2D eigenvalue weighted by Gasteiger charge is 2.26. The van der Waals surface area contributed by atoms with Crippen LogP contribution in [0.1, 0.15) is 53.2 Å². The summed E-state index contributed by atoms with van der Waals surface area (Å²) in [5.41, 5.74) is 4.06. The van der Waals surface area contributed by atoms with E-state index in [1.54, 1.807) is 0 Å². The van der Waals surface area contributed by atoms with Gasteiger partial charge in [0, 0.05) is 27.2 Å². The molecule has 5 aromatic rings. The molecule has 2 aromatic heterocycles. The van der Waals surface area contributed by atoms with E-state index in [1.165, 1.54) is 21.8 Å². The number of para-hydroxylation sites is 3. The molecule has 166 valence electrons. The minimum absolute atomic E-state index is 0.181. The van der Waals surface area contributed by atoms with Crippen molar-refractivity contribution in [1.29, 1.82) is 0 Å². The van der Waals surface area contributed by atoms with Crippen molar-refractivity contribution in [2.45, 2.75) is 52.4 Å². The summed E-state index contributed by atoms with van der Waals surface area (Å²) >= 11 is 0. The van der Waals surface area contributed by atoms with Crippen LogP contribution >= 0.6 is 0 Å². The predicted molar refractivity (Wildman–Crippen MR) is 137 cm³/mol. The third-order valence-electron chi connectivity index (χ3n) is 5.94. The highest BCUT2D eigenvalue weighted by atomic mass is 15.1. The summed E-state index contributed by atoms with van der Waals surface area (Å²) in [5.74, 6) is 2.35. The number of nitrogens with zero attached hydrogens (tertiary/aromatic N) is 4. The lowest BCUT2D eigenvalue weighted by atomic mass is 9.93. The van der Waals surface area contributed by atoms with Gasteiger partial charge in [0.05, 0.1) is 16.7 Å². The van der Waals surface area contributed by atoms with E-state index in [1.807, 2.05) is 0 Å². The average molecular weight is 435 g/mol. The van der Waals surface area contributed by atoms with E-state index in [-0.39, 0.29) is 10.8 Å². The van der Waals surface area contributed by atoms with Gasteiger partial charge in [-0.15, -0.1) is 0 Å². The first-order valence-electron chi connectivity index (χ1n) is 11.5. The van der Waals surface area contributed by atoms with Crippen LogP contribution < -0.4 is 0 Å². The van der Waals surface area contributed by atoms with Crippen LogP contribution in [0.3, 0.4) is 0 Å². The highest BCUT2D eigenvalue weighted by molar-refractivity contribution is 6.09. The van der Waals surface area contributed by atoms with Crippen molar-refractivity contribution >= 4 is 21.8 Å². The van der Waals surface area contributed by atoms with Crippen LogP contribution in [0.5, 0.6) is 0 Å². The SMILES string of the molecule is CC(C)(C)c1nc(-c2ccccc2-n2c3ccccc3c3ccccc32)nc(C(C)(C)C)n1. The zero-order chi connectivity index (χ0) is 23.4. The Bertz CT molecular complexity index is 1390. The van der Waals surface area contributed by atoms with E-state index >= 15 is 0 Å². The second kappa shape index (κ2) is 7.51. The van der Waals surface area contributed by atoms with Crippen molar-refractivity contribution in [3.63, 3.8) is 0 Å². The van der Waals surface area contributed by atoms with Gasteiger partial charge in [-0.3, -0.25) is 0 Å². The third-order valence-corrected chi connectivity index (χ3v) is 5.94. The fourth-order valence-electron chi connectivity index (χ4n) is 4.21. The zero-order valence-electron chi connectivity index (χ0n) is 20.2. The van der Waals surface area contributed by atoms with Crippen molar-refractivity contribution in [3.8, 4) is 17.1 Å². The van der Waals surface area contributed by atoms with E-state index < -0.39 is 0 Å². The molecule has 0 unspecified atom stereocenters. The Balaban J connectivity index is 1.84. The van der Waals surface area contributed by atoms with Crippen molar-refractivity contribution in [2.75, 3.05) is 0 Å². The lowest BCUT2D eigenvalue weighted by Gasteiger charge is -2.23. The largest absolute Gasteiger partial charge is 0.309 e. The molecule has 0 aliphatic carbocycles. The fourth-order valence-corrected chi connectivity index (χ4v) is 4.21. The second-order valence-corrected chi connectivity index (χ2v) is 10.7. The van der Waals surface area contributed by atoms with Crippen molar-refractivity contribution in [1.82, 2.24) is 19.5 Å². The monoisotopic (exact) mass is 434 g/mol. The lowest BCUT2D eigenvalue weighted by Crippen LogP contribution is -2.24. The predicted octanol–water partition coefficient (Wildman–Crippen LogP) is 7.23. The Labute approximate surface area is 195 Å². The van der Waals surface area contributed by atoms with E-state index in [0.717, 1.165) is 28.7 Å². The summed E-state index contributed by atoms with van der Waals surface area (Å²) in [5, 5.41) is 2.48. The Morgan fingerprint density at radius 1 is 0.545 bits per heavy atom. The number of benzene rings is 3. The van der Waals surface area contributed by atoms with Gasteiger partial charge in [-0.25, -0.2) is 15.0 Å². The summed E-state index contributed by atoms with van der Waals surface area (Å²) in [6.07, 6.45) is 0. The molecule has 0 bridgehead atoms. The Morgan fingerprint density at radius 2 is 1.00 bits per heavy atom. The van der Waals surface area contributed by atoms with Crippen LogP contribution in [0.15, 0.2) is 72.8 Å². The second-order valence-electron chi connectivity index (χ2n) is 10.7. The normalized spacial score (nSPS) is 12.5. The molecule has 0 amide bonds. The average Bonchev–Trinajstić information content (AvgIpc) is 3.12. The standard InChI is InChI=1S/C29H30N4/c1-28(2,3)26-30-25(31-27(32-26)29(4,5)6)21-15-9-12-18-24(21)33-22-16-10-7-13-19(22)20-14-8-11-17-23(20)33/h7-18H,1-6H3. The van der Waals surface area contributed by atoms with Gasteiger partial charge in [-0.2, -0.15) is 0 Å². The highest BCUT2D eigenvalue weighted by Crippen LogP contribution is 2.36. The van der Waals surface area contributed by atoms with Gasteiger partial charge in [0.25, 0.3) is 0 Å². The summed E-state index contributed by atoms with van der Waals surface area (Å²) in [7, 11) is 0. The van der Waals surface area contributed by atoms with Gasteiger partial charge in [0.15, 0.2) is 5.82 Å². The first-order valence-corrected chi connectivity index (χ1v) is 11.5. The first kappa shape index (κ1) is 21.3. The molecule has 33 heavy (non-hydrogen) atoms. The molecule has 0 spiro atoms. The smallest absolute Gasteiger partial charge is 0.165 e. The Kier molecular flexibility index (Phi) is 4.86. The summed E-state index contributed by atoms with van der Waals surface area (Å²) in [6.45, 7) is 12.9. The molecule has 0 saturated carbocycles. The van der Waals surface area contributed by atoms with Crippen LogP contribution in [0, 0.1) is 0 Å². The molecule has 4 heteroatoms. The zero-order valence-corrected chi connectivity index (χ0v) is 20.2. The van der Waals surface area contributed by atoms with Crippen LogP contribution in [0.4, 0.5) is 0 Å². The summed E-state index contributed by atoms with van der Waals surface area (Å²) < 4.78 is 2.33. The van der Waals surface area contributed by atoms with Gasteiger partial charge >= 0.3 is 0 Å². The first-order chi connectivity index (χ1) is 15.6. The molecule has 3 aromatic carbocycles. The van der Waals surface area contributed by atoms with Gasteiger partial charge < -0.3 is 4.57 Å². The maximum Gasteiger partial charge on any atom is 0.165 e. The Morgan fingerprint density at radius 3 is 1.52 bits per heavy atom. The number of rotatable bonds is 2. The van der Waals surface area contributed by atoms with E-state index in [0.29, 0.717) is 0 Å². The van der Waals surface area contributed by atoms with Crippen molar-refractivity contribution in [3.05, 3.63) is 84.4 Å². The summed E-state index contributed by atoms with van der Waals surface area (Å²) in [4.78, 5) is 14.8. The van der Waals surface area contributed by atoms with Crippen LogP contribution in [0.25, 0.3) is 38.9 Å². The Hall–Kier alpha value is -3.53. The molecule has 2 heterocycles. The molecule has 4 nitrogen and oxygen atoms in total. The molecule has 0 fully saturated rings. The molecular weight excluding hydrogens is 404 g/mol. The van der Waals surface area contributed by atoms with Gasteiger partial charge in [0.2, 0.25) is 0 Å².